The van der Waals surface area contributed by atoms with Gasteiger partial charge in [-0.2, -0.15) is 0 Å². The van der Waals surface area contributed by atoms with Crippen LogP contribution in [0.4, 0.5) is 0 Å². The van der Waals surface area contributed by atoms with E-state index in [4.69, 9.17) is 19.2 Å². The molecule has 9 heteroatoms. The summed E-state index contributed by atoms with van der Waals surface area (Å²) in [5.74, 6) is 0.369. The molecule has 0 bridgehead atoms. The van der Waals surface area contributed by atoms with Gasteiger partial charge >= 0.3 is 5.97 Å². The van der Waals surface area contributed by atoms with Gasteiger partial charge in [0.1, 0.15) is 11.9 Å². The molecular formula is C30H39N3O6. The smallest absolute Gasteiger partial charge is 0.311 e. The van der Waals surface area contributed by atoms with Gasteiger partial charge in [0.25, 0.3) is 5.56 Å². The van der Waals surface area contributed by atoms with E-state index in [1.807, 2.05) is 19.2 Å². The number of hydrogen-bond donors (Lipinski definition) is 1. The van der Waals surface area contributed by atoms with Crippen LogP contribution in [-0.4, -0.2) is 63.8 Å². The number of ether oxygens (including phenoxy) is 3. The third-order valence-electron chi connectivity index (χ3n) is 8.01. The Kier molecular flexibility index (Phi) is 8.49. The molecule has 2 aliphatic heterocycles. The maximum Gasteiger partial charge on any atom is 0.311 e. The van der Waals surface area contributed by atoms with E-state index in [-0.39, 0.29) is 17.6 Å². The van der Waals surface area contributed by atoms with Crippen LogP contribution < -0.4 is 5.56 Å². The topological polar surface area (TPSA) is 105 Å². The number of aliphatic hydroxyl groups is 1. The molecule has 39 heavy (non-hydrogen) atoms. The lowest BCUT2D eigenvalue weighted by atomic mass is 9.95. The number of pyridine rings is 1. The van der Waals surface area contributed by atoms with Gasteiger partial charge in [-0.1, -0.05) is 6.07 Å². The minimum Gasteiger partial charge on any atom is -0.460 e. The Morgan fingerprint density at radius 3 is 2.64 bits per heavy atom. The van der Waals surface area contributed by atoms with Crippen molar-refractivity contribution in [2.24, 2.45) is 18.9 Å². The van der Waals surface area contributed by atoms with Crippen LogP contribution in [0.1, 0.15) is 43.7 Å². The van der Waals surface area contributed by atoms with E-state index in [1.165, 1.54) is 0 Å². The number of benzene rings is 1. The molecule has 3 atom stereocenters. The number of carbonyl (C=O) groups excluding carboxylic acids is 1. The van der Waals surface area contributed by atoms with Crippen molar-refractivity contribution in [2.45, 2.75) is 64.7 Å². The maximum absolute atomic E-state index is 12.8. The number of aromatic nitrogens is 3. The molecule has 2 aliphatic rings. The monoisotopic (exact) mass is 537 g/mol. The SMILES string of the molecule is Cc1cc(-c2nc3cc(CC[C@H](C(=O)O[C@H]4CCOC4)[C@H](C)O)ccc3n2CC2CCOCC2)cn(C)c1=O. The number of aliphatic hydroxyl groups excluding tert-OH is 1. The van der Waals surface area contributed by atoms with Crippen molar-refractivity contribution in [2.75, 3.05) is 26.4 Å². The average Bonchev–Trinajstić information content (AvgIpc) is 3.55. The van der Waals surface area contributed by atoms with Gasteiger partial charge in [-0.15, -0.1) is 0 Å². The molecule has 0 amide bonds. The van der Waals surface area contributed by atoms with Crippen LogP contribution in [0.2, 0.25) is 0 Å². The molecule has 2 aromatic heterocycles. The van der Waals surface area contributed by atoms with Crippen molar-refractivity contribution in [3.63, 3.8) is 0 Å². The molecule has 1 N–H and O–H groups in total. The maximum atomic E-state index is 12.8. The second-order valence-electron chi connectivity index (χ2n) is 11.1. The van der Waals surface area contributed by atoms with Crippen molar-refractivity contribution >= 4 is 17.0 Å². The summed E-state index contributed by atoms with van der Waals surface area (Å²) >= 11 is 0. The van der Waals surface area contributed by atoms with Crippen molar-refractivity contribution in [1.82, 2.24) is 14.1 Å². The Morgan fingerprint density at radius 2 is 1.95 bits per heavy atom. The molecule has 5 rings (SSSR count). The number of hydrogen-bond acceptors (Lipinski definition) is 7. The summed E-state index contributed by atoms with van der Waals surface area (Å²) in [5.41, 5.74) is 4.54. The van der Waals surface area contributed by atoms with Crippen molar-refractivity contribution in [3.05, 3.63) is 51.9 Å². The van der Waals surface area contributed by atoms with Gasteiger partial charge in [0.15, 0.2) is 0 Å². The lowest BCUT2D eigenvalue weighted by Gasteiger charge is -2.23. The van der Waals surface area contributed by atoms with E-state index in [0.717, 1.165) is 60.6 Å². The van der Waals surface area contributed by atoms with Gasteiger partial charge < -0.3 is 28.5 Å². The van der Waals surface area contributed by atoms with E-state index < -0.39 is 12.0 Å². The number of aryl methyl sites for hydroxylation is 3. The third-order valence-corrected chi connectivity index (χ3v) is 8.01. The Labute approximate surface area is 228 Å². The predicted octanol–water partition coefficient (Wildman–Crippen LogP) is 3.40. The fourth-order valence-corrected chi connectivity index (χ4v) is 5.66. The Balaban J connectivity index is 1.41. The number of carbonyl (C=O) groups is 1. The summed E-state index contributed by atoms with van der Waals surface area (Å²) in [5, 5.41) is 10.3. The molecule has 1 aromatic carbocycles. The van der Waals surface area contributed by atoms with E-state index >= 15 is 0 Å². The van der Waals surface area contributed by atoms with Gasteiger partial charge in [0, 0.05) is 50.6 Å². The highest BCUT2D eigenvalue weighted by molar-refractivity contribution is 5.81. The second kappa shape index (κ2) is 12.0. The molecule has 0 radical (unpaired) electrons. The van der Waals surface area contributed by atoms with Crippen LogP contribution in [-0.2, 0) is 39.0 Å². The fourth-order valence-electron chi connectivity index (χ4n) is 5.66. The van der Waals surface area contributed by atoms with E-state index in [0.29, 0.717) is 44.0 Å². The summed E-state index contributed by atoms with van der Waals surface area (Å²) in [4.78, 5) is 30.2. The zero-order valence-corrected chi connectivity index (χ0v) is 23.1. The second-order valence-corrected chi connectivity index (χ2v) is 11.1. The molecule has 0 spiro atoms. The Morgan fingerprint density at radius 1 is 1.18 bits per heavy atom. The van der Waals surface area contributed by atoms with Gasteiger partial charge in [-0.05, 0) is 69.2 Å². The molecule has 210 valence electrons. The summed E-state index contributed by atoms with van der Waals surface area (Å²) in [6.07, 6.45) is 4.63. The molecule has 0 saturated carbocycles. The number of nitrogens with zero attached hydrogens (tertiary/aromatic N) is 3. The quantitative estimate of drug-likeness (QED) is 0.417. The molecule has 0 aliphatic carbocycles. The standard InChI is InChI=1S/C30H39N3O6/c1-19-14-23(17-32(3)29(19)35)28-31-26-15-21(5-7-27(26)33(28)16-22-8-11-37-12-9-22)4-6-25(20(2)34)30(36)39-24-10-13-38-18-24/h5,7,14-15,17,20,22,24-25,34H,4,6,8-13,16,18H2,1-3H3/t20-,24-,25-/m0/s1. The molecule has 4 heterocycles. The first-order valence-electron chi connectivity index (χ1n) is 14.0. The molecule has 3 aromatic rings. The van der Waals surface area contributed by atoms with E-state index in [9.17, 15) is 14.7 Å². The van der Waals surface area contributed by atoms with Gasteiger partial charge in [-0.3, -0.25) is 9.59 Å². The normalized spacial score (nSPS) is 19.8. The minimum atomic E-state index is -0.804. The van der Waals surface area contributed by atoms with Crippen LogP contribution >= 0.6 is 0 Å². The zero-order valence-electron chi connectivity index (χ0n) is 23.1. The molecule has 0 unspecified atom stereocenters. The van der Waals surface area contributed by atoms with E-state index in [2.05, 4.69) is 22.8 Å². The zero-order chi connectivity index (χ0) is 27.5. The highest BCUT2D eigenvalue weighted by Gasteiger charge is 2.29. The summed E-state index contributed by atoms with van der Waals surface area (Å²) in [6.45, 7) is 6.87. The highest BCUT2D eigenvalue weighted by atomic mass is 16.6. The molecule has 2 saturated heterocycles. The first-order valence-corrected chi connectivity index (χ1v) is 14.0. The first-order chi connectivity index (χ1) is 18.8. The van der Waals surface area contributed by atoms with Gasteiger partial charge in [-0.25, -0.2) is 4.98 Å². The first kappa shape index (κ1) is 27.6. The lowest BCUT2D eigenvalue weighted by Crippen LogP contribution is -2.31. The van der Waals surface area contributed by atoms with Crippen LogP contribution in [0.25, 0.3) is 22.4 Å². The van der Waals surface area contributed by atoms with Crippen molar-refractivity contribution < 1.29 is 24.1 Å². The summed E-state index contributed by atoms with van der Waals surface area (Å²) in [6, 6.07) is 8.17. The van der Waals surface area contributed by atoms with Crippen molar-refractivity contribution in [3.8, 4) is 11.4 Å². The minimum absolute atomic E-state index is 0.0141. The van der Waals surface area contributed by atoms with E-state index in [1.54, 1.807) is 18.5 Å². The predicted molar refractivity (Wildman–Crippen MR) is 147 cm³/mol. The third kappa shape index (κ3) is 6.26. The van der Waals surface area contributed by atoms with Crippen LogP contribution in [0.3, 0.4) is 0 Å². The van der Waals surface area contributed by atoms with Gasteiger partial charge in [0.05, 0.1) is 36.3 Å². The largest absolute Gasteiger partial charge is 0.460 e. The molecule has 9 nitrogen and oxygen atoms in total. The fraction of sp³-hybridized carbons (Fsp3) is 0.567. The lowest BCUT2D eigenvalue weighted by molar-refractivity contribution is -0.158. The van der Waals surface area contributed by atoms with Crippen LogP contribution in [0, 0.1) is 18.8 Å². The average molecular weight is 538 g/mol. The summed E-state index contributed by atoms with van der Waals surface area (Å²) < 4.78 is 20.4. The van der Waals surface area contributed by atoms with Crippen LogP contribution in [0.15, 0.2) is 35.3 Å². The van der Waals surface area contributed by atoms with Gasteiger partial charge in [0.2, 0.25) is 0 Å². The number of rotatable bonds is 9. The number of imidazole rings is 1. The van der Waals surface area contributed by atoms with Crippen molar-refractivity contribution in [1.29, 1.82) is 0 Å². The molecular weight excluding hydrogens is 498 g/mol. The number of esters is 1. The Hall–Kier alpha value is -3.01. The summed E-state index contributed by atoms with van der Waals surface area (Å²) in [7, 11) is 1.77. The highest BCUT2D eigenvalue weighted by Crippen LogP contribution is 2.29. The number of fused-ring (bicyclic) bond motifs is 1. The Bertz CT molecular complexity index is 1340. The molecule has 2 fully saturated rings. The van der Waals surface area contributed by atoms with Crippen LogP contribution in [0.5, 0.6) is 0 Å².